The molecule has 5 nitrogen and oxygen atoms in total. The summed E-state index contributed by atoms with van der Waals surface area (Å²) in [4.78, 5) is 2.41. The largest absolute Gasteiger partial charge is 0.497 e. The summed E-state index contributed by atoms with van der Waals surface area (Å²) in [5.74, 6) is 3.19. The van der Waals surface area contributed by atoms with Crippen LogP contribution in [0.3, 0.4) is 0 Å². The fraction of sp³-hybridized carbons (Fsp3) is 0.611. The molecular weight excluding hydrogens is 510 g/mol. The number of ether oxygens (including phenoxy) is 2. The van der Waals surface area contributed by atoms with Gasteiger partial charge in [-0.3, -0.25) is 4.90 Å². The summed E-state index contributed by atoms with van der Waals surface area (Å²) in [5, 5.41) is 20.3. The Bertz CT molecular complexity index is 1070. The zero-order chi connectivity index (χ0) is 29.6. The predicted octanol–water partition coefficient (Wildman–Crippen LogP) is 7.40. The van der Waals surface area contributed by atoms with E-state index in [4.69, 9.17) is 9.47 Å². The summed E-state index contributed by atoms with van der Waals surface area (Å²) in [7, 11) is 3.38. The molecule has 6 atom stereocenters. The zero-order valence-corrected chi connectivity index (χ0v) is 26.1. The van der Waals surface area contributed by atoms with Gasteiger partial charge in [0.05, 0.1) is 26.4 Å². The van der Waals surface area contributed by atoms with E-state index in [2.05, 4.69) is 56.5 Å². The van der Waals surface area contributed by atoms with Gasteiger partial charge in [-0.05, 0) is 116 Å². The molecular formula is C36H53NO4. The molecule has 2 aromatic rings. The van der Waals surface area contributed by atoms with Crippen LogP contribution in [-0.2, 0) is 13.1 Å². The molecule has 0 radical (unpaired) electrons. The van der Waals surface area contributed by atoms with Gasteiger partial charge in [0.15, 0.2) is 0 Å². The maximum atomic E-state index is 10.5. The van der Waals surface area contributed by atoms with Crippen LogP contribution in [0.5, 0.6) is 11.5 Å². The van der Waals surface area contributed by atoms with Crippen LogP contribution in [0.1, 0.15) is 83.3 Å². The molecule has 0 saturated heterocycles. The summed E-state index contributed by atoms with van der Waals surface area (Å²) in [6.45, 7) is 14.1. The summed E-state index contributed by atoms with van der Waals surface area (Å²) in [5.41, 5.74) is 4.44. The molecule has 5 heteroatoms. The average Bonchev–Trinajstić information content (AvgIpc) is 3.29. The number of allylic oxidation sites excluding steroid dienone is 1. The topological polar surface area (TPSA) is 62.2 Å². The number of hydrogen-bond acceptors (Lipinski definition) is 5. The minimum atomic E-state index is -0.329. The monoisotopic (exact) mass is 563 g/mol. The van der Waals surface area contributed by atoms with Gasteiger partial charge in [-0.2, -0.15) is 0 Å². The number of nitrogens with zero attached hydrogens (tertiary/aromatic N) is 1. The second kappa shape index (κ2) is 13.8. The second-order valence-electron chi connectivity index (χ2n) is 13.2. The lowest BCUT2D eigenvalue weighted by atomic mass is 9.55. The molecule has 6 unspecified atom stereocenters. The Kier molecular flexibility index (Phi) is 10.6. The maximum absolute atomic E-state index is 10.5. The first-order valence-corrected chi connectivity index (χ1v) is 15.6. The molecule has 3 saturated carbocycles. The highest BCUT2D eigenvalue weighted by Crippen LogP contribution is 2.60. The minimum absolute atomic E-state index is 0.0183. The Hall–Kier alpha value is -2.34. The Labute approximate surface area is 248 Å². The summed E-state index contributed by atoms with van der Waals surface area (Å²) < 4.78 is 10.4. The molecule has 3 fully saturated rings. The highest BCUT2D eigenvalue weighted by Gasteiger charge is 2.52. The summed E-state index contributed by atoms with van der Waals surface area (Å²) in [6.07, 6.45) is 7.99. The van der Waals surface area contributed by atoms with Gasteiger partial charge in [-0.15, -0.1) is 0 Å². The molecule has 41 heavy (non-hydrogen) atoms. The fourth-order valence-corrected chi connectivity index (χ4v) is 7.56. The highest BCUT2D eigenvalue weighted by atomic mass is 16.5. The lowest BCUT2D eigenvalue weighted by molar-refractivity contribution is -0.0968. The van der Waals surface area contributed by atoms with E-state index in [0.29, 0.717) is 17.8 Å². The number of hydrogen-bond donors (Lipinski definition) is 2. The number of rotatable bonds is 8. The van der Waals surface area contributed by atoms with E-state index in [1.54, 1.807) is 14.2 Å². The van der Waals surface area contributed by atoms with E-state index in [9.17, 15) is 10.2 Å². The smallest absolute Gasteiger partial charge is 0.118 e. The number of aliphatic hydroxyl groups excluding tert-OH is 2. The van der Waals surface area contributed by atoms with Crippen molar-refractivity contribution in [3.05, 3.63) is 71.8 Å². The van der Waals surface area contributed by atoms with Crippen molar-refractivity contribution < 1.29 is 19.7 Å². The van der Waals surface area contributed by atoms with Crippen molar-refractivity contribution in [2.24, 2.45) is 22.7 Å². The number of benzene rings is 2. The van der Waals surface area contributed by atoms with Crippen LogP contribution in [0, 0.1) is 22.7 Å². The third kappa shape index (κ3) is 7.36. The predicted molar refractivity (Wildman–Crippen MR) is 167 cm³/mol. The van der Waals surface area contributed by atoms with Gasteiger partial charge in [0, 0.05) is 13.1 Å². The van der Waals surface area contributed by atoms with Gasteiger partial charge in [0.25, 0.3) is 0 Å². The van der Waals surface area contributed by atoms with Gasteiger partial charge < -0.3 is 19.7 Å². The van der Waals surface area contributed by atoms with Crippen LogP contribution in [0.4, 0.5) is 0 Å². The van der Waals surface area contributed by atoms with E-state index in [1.807, 2.05) is 24.3 Å². The summed E-state index contributed by atoms with van der Waals surface area (Å²) >= 11 is 0. The van der Waals surface area contributed by atoms with Crippen molar-refractivity contribution in [2.45, 2.75) is 97.4 Å². The molecule has 0 spiro atoms. The van der Waals surface area contributed by atoms with Gasteiger partial charge in [0.1, 0.15) is 11.5 Å². The first-order chi connectivity index (χ1) is 19.6. The van der Waals surface area contributed by atoms with Crippen molar-refractivity contribution in [2.75, 3.05) is 20.8 Å². The standard InChI is InChI=1S/C18H23NO2.C18H30O2/c1-4-19(13-15-5-9-17(20-2)10-6-15)14-16-7-11-18(21-3)12-8-16;1-12-4-5-13-10-14(6-8-17(12,13)2)18(3)9-7-15(19)11-16(18)20/h5-12H,4,13-14H2,1-3H3;13-16,19-20H,1,4-11H2,2-3H3. The van der Waals surface area contributed by atoms with Gasteiger partial charge >= 0.3 is 0 Å². The van der Waals surface area contributed by atoms with Crippen LogP contribution in [0.2, 0.25) is 0 Å². The van der Waals surface area contributed by atoms with Crippen LogP contribution in [0.25, 0.3) is 0 Å². The second-order valence-corrected chi connectivity index (χ2v) is 13.2. The molecule has 0 heterocycles. The van der Waals surface area contributed by atoms with E-state index >= 15 is 0 Å². The van der Waals surface area contributed by atoms with E-state index in [0.717, 1.165) is 49.9 Å². The minimum Gasteiger partial charge on any atom is -0.497 e. The van der Waals surface area contributed by atoms with Crippen LogP contribution in [0.15, 0.2) is 60.7 Å². The molecule has 0 aromatic heterocycles. The molecule has 0 amide bonds. The quantitative estimate of drug-likeness (QED) is 0.328. The van der Waals surface area contributed by atoms with Crippen LogP contribution < -0.4 is 9.47 Å². The van der Waals surface area contributed by atoms with E-state index in [-0.39, 0.29) is 17.6 Å². The number of fused-ring (bicyclic) bond motifs is 1. The zero-order valence-electron chi connectivity index (χ0n) is 26.1. The SMILES string of the molecule is C=C1CCC2CC(C3(C)CCC(O)CC3O)CCC12C.CCN(Cc1ccc(OC)cc1)Cc1ccc(OC)cc1. The van der Waals surface area contributed by atoms with Gasteiger partial charge in [0.2, 0.25) is 0 Å². The van der Waals surface area contributed by atoms with Crippen LogP contribution >= 0.6 is 0 Å². The summed E-state index contributed by atoms with van der Waals surface area (Å²) in [6, 6.07) is 16.5. The molecule has 2 N–H and O–H groups in total. The molecule has 3 aliphatic rings. The molecule has 0 aliphatic heterocycles. The third-order valence-corrected chi connectivity index (χ3v) is 10.9. The van der Waals surface area contributed by atoms with E-state index < -0.39 is 0 Å². The lowest BCUT2D eigenvalue weighted by Gasteiger charge is -2.51. The number of aliphatic hydroxyl groups is 2. The van der Waals surface area contributed by atoms with E-state index in [1.165, 1.54) is 48.8 Å². The van der Waals surface area contributed by atoms with Gasteiger partial charge in [-0.1, -0.05) is 57.2 Å². The molecule has 0 bridgehead atoms. The van der Waals surface area contributed by atoms with Gasteiger partial charge in [-0.25, -0.2) is 0 Å². The molecule has 2 aromatic carbocycles. The molecule has 5 rings (SSSR count). The average molecular weight is 564 g/mol. The Balaban J connectivity index is 0.000000189. The molecule has 3 aliphatic carbocycles. The van der Waals surface area contributed by atoms with Crippen molar-refractivity contribution in [1.82, 2.24) is 4.90 Å². The van der Waals surface area contributed by atoms with Crippen molar-refractivity contribution in [1.29, 1.82) is 0 Å². The first-order valence-electron chi connectivity index (χ1n) is 15.6. The normalized spacial score (nSPS) is 31.3. The highest BCUT2D eigenvalue weighted by molar-refractivity contribution is 5.28. The fourth-order valence-electron chi connectivity index (χ4n) is 7.56. The third-order valence-electron chi connectivity index (χ3n) is 10.9. The van der Waals surface area contributed by atoms with Crippen molar-refractivity contribution in [3.63, 3.8) is 0 Å². The Morgan fingerprint density at radius 1 is 0.805 bits per heavy atom. The Morgan fingerprint density at radius 2 is 1.37 bits per heavy atom. The first kappa shape index (κ1) is 31.6. The van der Waals surface area contributed by atoms with Crippen molar-refractivity contribution >= 4 is 0 Å². The maximum Gasteiger partial charge on any atom is 0.118 e. The van der Waals surface area contributed by atoms with Crippen molar-refractivity contribution in [3.8, 4) is 11.5 Å². The lowest BCUT2D eigenvalue weighted by Crippen LogP contribution is -2.48. The van der Waals surface area contributed by atoms with Crippen LogP contribution in [-0.4, -0.2) is 48.1 Å². The Morgan fingerprint density at radius 3 is 1.85 bits per heavy atom. The number of methoxy groups -OCH3 is 2. The molecule has 226 valence electrons.